The maximum Gasteiger partial charge on any atom is 0.234 e. The molecule has 0 aromatic carbocycles. The Bertz CT molecular complexity index is 240. The largest absolute Gasteiger partial charge is 0.477 e. The van der Waals surface area contributed by atoms with Crippen molar-refractivity contribution in [2.24, 2.45) is 0 Å². The Morgan fingerprint density at radius 1 is 1.58 bits per heavy atom. The Morgan fingerprint density at radius 2 is 2.33 bits per heavy atom. The molecule has 4 nitrogen and oxygen atoms in total. The second-order valence-corrected chi connectivity index (χ2v) is 1.85. The van der Waals surface area contributed by atoms with Crippen molar-refractivity contribution in [2.75, 3.05) is 6.61 Å². The van der Waals surface area contributed by atoms with Crippen molar-refractivity contribution >= 4 is 18.3 Å². The first-order valence-electron chi connectivity index (χ1n) is 3.32. The first kappa shape index (κ1) is 10.8. The van der Waals surface area contributed by atoms with Gasteiger partial charge in [-0.3, -0.25) is 10.4 Å². The van der Waals surface area contributed by atoms with Gasteiger partial charge in [0.15, 0.2) is 0 Å². The van der Waals surface area contributed by atoms with E-state index in [1.54, 1.807) is 6.20 Å². The first-order chi connectivity index (χ1) is 5.34. The third-order valence-corrected chi connectivity index (χ3v) is 1.08. The van der Waals surface area contributed by atoms with Crippen LogP contribution in [0.5, 0.6) is 0 Å². The smallest absolute Gasteiger partial charge is 0.234 e. The summed E-state index contributed by atoms with van der Waals surface area (Å²) in [5.74, 6) is 0.0700. The zero-order valence-corrected chi connectivity index (χ0v) is 7.47. The Labute approximate surface area is 76.9 Å². The van der Waals surface area contributed by atoms with Crippen molar-refractivity contribution in [3.05, 3.63) is 24.3 Å². The number of nitrogens with one attached hydrogen (secondary N) is 1. The van der Waals surface area contributed by atoms with E-state index in [0.717, 1.165) is 0 Å². The van der Waals surface area contributed by atoms with Gasteiger partial charge in [-0.1, -0.05) is 0 Å². The summed E-state index contributed by atoms with van der Waals surface area (Å²) in [6.07, 6.45) is 4.59. The molecule has 1 rings (SSSR count). The number of halogens is 1. The van der Waals surface area contributed by atoms with Crippen LogP contribution in [-0.4, -0.2) is 22.5 Å². The van der Waals surface area contributed by atoms with Crippen LogP contribution in [0.4, 0.5) is 0 Å². The molecule has 66 valence electrons. The molecule has 12 heavy (non-hydrogen) atoms. The Balaban J connectivity index is 0.00000121. The monoisotopic (exact) mass is 187 g/mol. The zero-order chi connectivity index (χ0) is 8.10. The van der Waals surface area contributed by atoms with Crippen molar-refractivity contribution in [3.8, 4) is 0 Å². The van der Waals surface area contributed by atoms with Crippen LogP contribution in [0, 0.1) is 5.41 Å². The van der Waals surface area contributed by atoms with Gasteiger partial charge in [0.1, 0.15) is 5.69 Å². The Morgan fingerprint density at radius 3 is 2.83 bits per heavy atom. The van der Waals surface area contributed by atoms with E-state index in [-0.39, 0.29) is 18.3 Å². The normalized spacial score (nSPS) is 8.42. The van der Waals surface area contributed by atoms with Crippen LogP contribution < -0.4 is 0 Å². The summed E-state index contributed by atoms with van der Waals surface area (Å²) in [7, 11) is 0. The van der Waals surface area contributed by atoms with E-state index in [1.807, 2.05) is 6.92 Å². The lowest BCUT2D eigenvalue weighted by Crippen LogP contribution is -2.06. The van der Waals surface area contributed by atoms with Crippen molar-refractivity contribution in [2.45, 2.75) is 6.92 Å². The fourth-order valence-electron chi connectivity index (χ4n) is 0.635. The average Bonchev–Trinajstić information content (AvgIpc) is 2.07. The minimum absolute atomic E-state index is 0. The maximum absolute atomic E-state index is 7.30. The predicted octanol–water partition coefficient (Wildman–Crippen LogP) is 1.26. The van der Waals surface area contributed by atoms with Gasteiger partial charge in [0.25, 0.3) is 0 Å². The molecule has 1 aromatic rings. The third-order valence-electron chi connectivity index (χ3n) is 1.08. The molecule has 0 aliphatic rings. The minimum atomic E-state index is 0. The summed E-state index contributed by atoms with van der Waals surface area (Å²) in [5, 5.41) is 7.30. The standard InChI is InChI=1S/C7H9N3O.ClH/c1-2-11-7(8)6-5-9-3-4-10-6;/h3-5,8H,2H2,1H3;1H. The van der Waals surface area contributed by atoms with Crippen molar-refractivity contribution in [1.29, 1.82) is 5.41 Å². The summed E-state index contributed by atoms with van der Waals surface area (Å²) in [6.45, 7) is 2.31. The molecule has 0 aliphatic carbocycles. The molecular weight excluding hydrogens is 178 g/mol. The highest BCUT2D eigenvalue weighted by Gasteiger charge is 2.00. The quantitative estimate of drug-likeness (QED) is 0.560. The van der Waals surface area contributed by atoms with Crippen molar-refractivity contribution in [1.82, 2.24) is 9.97 Å². The molecule has 1 aromatic heterocycles. The van der Waals surface area contributed by atoms with Gasteiger partial charge in [-0.25, -0.2) is 4.98 Å². The van der Waals surface area contributed by atoms with Crippen molar-refractivity contribution in [3.63, 3.8) is 0 Å². The fraction of sp³-hybridized carbons (Fsp3) is 0.286. The number of nitrogens with zero attached hydrogens (tertiary/aromatic N) is 2. The third kappa shape index (κ3) is 2.84. The molecule has 0 radical (unpaired) electrons. The molecule has 0 aliphatic heterocycles. The second kappa shape index (κ2) is 5.49. The van der Waals surface area contributed by atoms with E-state index in [2.05, 4.69) is 9.97 Å². The minimum Gasteiger partial charge on any atom is -0.477 e. The molecule has 0 saturated heterocycles. The summed E-state index contributed by atoms with van der Waals surface area (Å²) in [4.78, 5) is 7.69. The van der Waals surface area contributed by atoms with E-state index < -0.39 is 0 Å². The van der Waals surface area contributed by atoms with Crippen LogP contribution in [0.3, 0.4) is 0 Å². The summed E-state index contributed by atoms with van der Waals surface area (Å²) >= 11 is 0. The lowest BCUT2D eigenvalue weighted by molar-refractivity contribution is 0.324. The molecule has 0 amide bonds. The number of hydrogen-bond acceptors (Lipinski definition) is 4. The predicted molar refractivity (Wildman–Crippen MR) is 47.7 cm³/mol. The van der Waals surface area contributed by atoms with Crippen LogP contribution in [-0.2, 0) is 4.74 Å². The van der Waals surface area contributed by atoms with Gasteiger partial charge in [0.05, 0.1) is 12.8 Å². The molecule has 5 heteroatoms. The van der Waals surface area contributed by atoms with Gasteiger partial charge in [-0.2, -0.15) is 0 Å². The van der Waals surface area contributed by atoms with Gasteiger partial charge in [0.2, 0.25) is 5.90 Å². The van der Waals surface area contributed by atoms with Crippen LogP contribution >= 0.6 is 12.4 Å². The number of aromatic nitrogens is 2. The van der Waals surface area contributed by atoms with E-state index in [4.69, 9.17) is 10.1 Å². The summed E-state index contributed by atoms with van der Waals surface area (Å²) < 4.78 is 4.91. The van der Waals surface area contributed by atoms with Crippen LogP contribution in [0.2, 0.25) is 0 Å². The van der Waals surface area contributed by atoms with Crippen LogP contribution in [0.15, 0.2) is 18.6 Å². The highest BCUT2D eigenvalue weighted by Crippen LogP contribution is 1.92. The van der Waals surface area contributed by atoms with Crippen LogP contribution in [0.1, 0.15) is 12.6 Å². The SMILES string of the molecule is CCOC(=N)c1cnccn1.Cl. The lowest BCUT2D eigenvalue weighted by atomic mass is 10.4. The average molecular weight is 188 g/mol. The molecule has 0 saturated carbocycles. The topological polar surface area (TPSA) is 58.9 Å². The van der Waals surface area contributed by atoms with E-state index in [0.29, 0.717) is 12.3 Å². The number of ether oxygens (including phenoxy) is 1. The fourth-order valence-corrected chi connectivity index (χ4v) is 0.635. The second-order valence-electron chi connectivity index (χ2n) is 1.85. The number of hydrogen-bond donors (Lipinski definition) is 1. The molecule has 0 fully saturated rings. The molecule has 0 unspecified atom stereocenters. The van der Waals surface area contributed by atoms with Gasteiger partial charge >= 0.3 is 0 Å². The van der Waals surface area contributed by atoms with Gasteiger partial charge < -0.3 is 4.74 Å². The Kier molecular flexibility index (Phi) is 4.96. The highest BCUT2D eigenvalue weighted by atomic mass is 35.5. The number of rotatable bonds is 2. The molecule has 1 heterocycles. The van der Waals surface area contributed by atoms with Gasteiger partial charge in [-0.15, -0.1) is 12.4 Å². The molecule has 0 atom stereocenters. The summed E-state index contributed by atoms with van der Waals surface area (Å²) in [6, 6.07) is 0. The molecular formula is C7H10ClN3O. The molecule has 0 bridgehead atoms. The van der Waals surface area contributed by atoms with Gasteiger partial charge in [-0.05, 0) is 6.92 Å². The zero-order valence-electron chi connectivity index (χ0n) is 6.65. The lowest BCUT2D eigenvalue weighted by Gasteiger charge is -2.01. The maximum atomic E-state index is 7.30. The highest BCUT2D eigenvalue weighted by molar-refractivity contribution is 5.88. The Hall–Kier alpha value is -1.16. The van der Waals surface area contributed by atoms with E-state index in [9.17, 15) is 0 Å². The molecule has 0 spiro atoms. The van der Waals surface area contributed by atoms with Gasteiger partial charge in [0, 0.05) is 12.4 Å². The first-order valence-corrected chi connectivity index (χ1v) is 3.32. The summed E-state index contributed by atoms with van der Waals surface area (Å²) in [5.41, 5.74) is 0.467. The van der Waals surface area contributed by atoms with E-state index >= 15 is 0 Å². The van der Waals surface area contributed by atoms with Crippen molar-refractivity contribution < 1.29 is 4.74 Å². The van der Waals surface area contributed by atoms with E-state index in [1.165, 1.54) is 12.4 Å². The molecule has 1 N–H and O–H groups in total. The van der Waals surface area contributed by atoms with Crippen LogP contribution in [0.25, 0.3) is 0 Å².